The lowest BCUT2D eigenvalue weighted by molar-refractivity contribution is 0.0571. The molecular formula is C15H20ClN. The third kappa shape index (κ3) is 2.18. The zero-order valence-corrected chi connectivity index (χ0v) is 11.0. The maximum atomic E-state index is 5.91. The van der Waals surface area contributed by atoms with E-state index in [0.29, 0.717) is 11.5 Å². The summed E-state index contributed by atoms with van der Waals surface area (Å²) in [5.74, 6) is 0. The van der Waals surface area contributed by atoms with E-state index in [-0.39, 0.29) is 0 Å². The van der Waals surface area contributed by atoms with Gasteiger partial charge in [0.1, 0.15) is 0 Å². The molecule has 0 amide bonds. The van der Waals surface area contributed by atoms with Gasteiger partial charge in [0.05, 0.1) is 0 Å². The molecule has 2 aliphatic carbocycles. The molecule has 0 aromatic heterocycles. The molecule has 1 N–H and O–H groups in total. The molecule has 3 rings (SSSR count). The van der Waals surface area contributed by atoms with E-state index < -0.39 is 0 Å². The second-order valence-corrected chi connectivity index (χ2v) is 6.10. The summed E-state index contributed by atoms with van der Waals surface area (Å²) >= 11 is 5.91. The predicted molar refractivity (Wildman–Crippen MR) is 73.6 cm³/mol. The lowest BCUT2D eigenvalue weighted by Crippen LogP contribution is -2.50. The number of benzene rings is 1. The number of hydrogen-bond acceptors (Lipinski definition) is 1. The number of anilines is 1. The van der Waals surface area contributed by atoms with Crippen LogP contribution in [0.4, 0.5) is 5.69 Å². The molecule has 0 saturated heterocycles. The molecule has 0 aliphatic heterocycles. The normalized spacial score (nSPS) is 26.5. The van der Waals surface area contributed by atoms with E-state index in [9.17, 15) is 0 Å². The fraction of sp³-hybridized carbons (Fsp3) is 0.600. The largest absolute Gasteiger partial charge is 0.382 e. The van der Waals surface area contributed by atoms with Crippen LogP contribution >= 0.6 is 11.6 Å². The lowest BCUT2D eigenvalue weighted by atomic mass is 9.57. The molecule has 1 nitrogen and oxygen atoms in total. The molecule has 92 valence electrons. The van der Waals surface area contributed by atoms with Crippen molar-refractivity contribution in [2.45, 2.75) is 51.0 Å². The first-order valence-electron chi connectivity index (χ1n) is 6.81. The van der Waals surface area contributed by atoms with Crippen molar-refractivity contribution < 1.29 is 0 Å². The molecule has 1 unspecified atom stereocenters. The van der Waals surface area contributed by atoms with Gasteiger partial charge in [0.15, 0.2) is 0 Å². The molecule has 0 bridgehead atoms. The minimum absolute atomic E-state index is 0.623. The van der Waals surface area contributed by atoms with Crippen molar-refractivity contribution >= 4 is 17.3 Å². The third-order valence-corrected chi connectivity index (χ3v) is 4.96. The highest BCUT2D eigenvalue weighted by atomic mass is 35.5. The Kier molecular flexibility index (Phi) is 3.04. The summed E-state index contributed by atoms with van der Waals surface area (Å²) in [5.41, 5.74) is 1.85. The highest BCUT2D eigenvalue weighted by Crippen LogP contribution is 2.52. The maximum Gasteiger partial charge on any atom is 0.0407 e. The first-order valence-corrected chi connectivity index (χ1v) is 7.18. The monoisotopic (exact) mass is 249 g/mol. The van der Waals surface area contributed by atoms with Crippen molar-refractivity contribution in [2.75, 3.05) is 5.32 Å². The van der Waals surface area contributed by atoms with Crippen molar-refractivity contribution in [3.05, 3.63) is 29.3 Å². The van der Waals surface area contributed by atoms with E-state index in [2.05, 4.69) is 17.4 Å². The maximum absolute atomic E-state index is 5.91. The summed E-state index contributed by atoms with van der Waals surface area (Å²) in [6, 6.07) is 8.82. The van der Waals surface area contributed by atoms with Gasteiger partial charge in [-0.15, -0.1) is 0 Å². The van der Waals surface area contributed by atoms with Crippen LogP contribution in [0.25, 0.3) is 0 Å². The molecule has 2 saturated carbocycles. The summed E-state index contributed by atoms with van der Waals surface area (Å²) in [7, 11) is 0. The Morgan fingerprint density at radius 2 is 1.71 bits per heavy atom. The first-order chi connectivity index (χ1) is 8.28. The van der Waals surface area contributed by atoms with Crippen LogP contribution in [0.3, 0.4) is 0 Å². The van der Waals surface area contributed by atoms with Gasteiger partial charge >= 0.3 is 0 Å². The van der Waals surface area contributed by atoms with E-state index in [4.69, 9.17) is 11.6 Å². The molecule has 1 spiro atoms. The van der Waals surface area contributed by atoms with Gasteiger partial charge in [-0.05, 0) is 55.4 Å². The summed E-state index contributed by atoms with van der Waals surface area (Å²) in [4.78, 5) is 0. The Hall–Kier alpha value is -0.690. The van der Waals surface area contributed by atoms with Crippen molar-refractivity contribution in [2.24, 2.45) is 5.41 Å². The lowest BCUT2D eigenvalue weighted by Gasteiger charge is -2.52. The Balaban J connectivity index is 1.67. The third-order valence-electron chi connectivity index (χ3n) is 4.70. The number of rotatable bonds is 2. The van der Waals surface area contributed by atoms with Gasteiger partial charge in [0, 0.05) is 16.8 Å². The van der Waals surface area contributed by atoms with Crippen LogP contribution in [0, 0.1) is 5.41 Å². The molecule has 2 heteroatoms. The van der Waals surface area contributed by atoms with Crippen molar-refractivity contribution in [3.8, 4) is 0 Å². The second kappa shape index (κ2) is 4.53. The standard InChI is InChI=1S/C15H20ClN/c16-12-4-6-13(7-5-12)17-14-8-11-15(14)9-2-1-3-10-15/h4-7,14,17H,1-3,8-11H2. The zero-order chi connectivity index (χ0) is 11.7. The Morgan fingerprint density at radius 1 is 1.00 bits per heavy atom. The minimum Gasteiger partial charge on any atom is -0.382 e. The fourth-order valence-corrected chi connectivity index (χ4v) is 3.65. The predicted octanol–water partition coefficient (Wildman–Crippen LogP) is 4.86. The molecular weight excluding hydrogens is 230 g/mol. The SMILES string of the molecule is Clc1ccc(NC2CCC23CCCCC3)cc1. The van der Waals surface area contributed by atoms with Crippen LogP contribution in [0.5, 0.6) is 0 Å². The summed E-state index contributed by atoms with van der Waals surface area (Å²) < 4.78 is 0. The molecule has 0 radical (unpaired) electrons. The van der Waals surface area contributed by atoms with Crippen LogP contribution in [0.1, 0.15) is 44.9 Å². The topological polar surface area (TPSA) is 12.0 Å². The Labute approximate surface area is 109 Å². The zero-order valence-electron chi connectivity index (χ0n) is 10.2. The molecule has 1 aromatic rings. The molecule has 2 fully saturated rings. The quantitative estimate of drug-likeness (QED) is 0.789. The smallest absolute Gasteiger partial charge is 0.0407 e. The van der Waals surface area contributed by atoms with Gasteiger partial charge in [0.25, 0.3) is 0 Å². The summed E-state index contributed by atoms with van der Waals surface area (Å²) in [5, 5.41) is 4.52. The van der Waals surface area contributed by atoms with Crippen molar-refractivity contribution in [1.82, 2.24) is 0 Å². The van der Waals surface area contributed by atoms with Crippen LogP contribution in [0.2, 0.25) is 5.02 Å². The van der Waals surface area contributed by atoms with Crippen molar-refractivity contribution in [1.29, 1.82) is 0 Å². The van der Waals surface area contributed by atoms with Crippen molar-refractivity contribution in [3.63, 3.8) is 0 Å². The Bertz CT molecular complexity index is 378. The average Bonchev–Trinajstić information content (AvgIpc) is 2.38. The van der Waals surface area contributed by atoms with E-state index in [1.54, 1.807) is 0 Å². The average molecular weight is 250 g/mol. The van der Waals surface area contributed by atoms with Crippen LogP contribution < -0.4 is 5.32 Å². The van der Waals surface area contributed by atoms with Gasteiger partial charge in [0.2, 0.25) is 0 Å². The Morgan fingerprint density at radius 3 is 2.29 bits per heavy atom. The first kappa shape index (κ1) is 11.4. The van der Waals surface area contributed by atoms with Crippen LogP contribution in [-0.4, -0.2) is 6.04 Å². The van der Waals surface area contributed by atoms with E-state index >= 15 is 0 Å². The van der Waals surface area contributed by atoms with Gasteiger partial charge in [-0.1, -0.05) is 30.9 Å². The minimum atomic E-state index is 0.623. The van der Waals surface area contributed by atoms with Crippen LogP contribution in [0.15, 0.2) is 24.3 Å². The van der Waals surface area contributed by atoms with Gasteiger partial charge in [-0.3, -0.25) is 0 Å². The highest BCUT2D eigenvalue weighted by molar-refractivity contribution is 6.30. The van der Waals surface area contributed by atoms with Crippen LogP contribution in [-0.2, 0) is 0 Å². The van der Waals surface area contributed by atoms with E-state index in [1.807, 2.05) is 12.1 Å². The molecule has 1 aromatic carbocycles. The number of halogens is 1. The molecule has 1 atom stereocenters. The van der Waals surface area contributed by atoms with Gasteiger partial charge in [-0.25, -0.2) is 0 Å². The molecule has 17 heavy (non-hydrogen) atoms. The summed E-state index contributed by atoms with van der Waals surface area (Å²) in [6.07, 6.45) is 9.92. The summed E-state index contributed by atoms with van der Waals surface area (Å²) in [6.45, 7) is 0. The van der Waals surface area contributed by atoms with E-state index in [1.165, 1.54) is 50.6 Å². The number of nitrogens with one attached hydrogen (secondary N) is 1. The second-order valence-electron chi connectivity index (χ2n) is 5.67. The molecule has 2 aliphatic rings. The van der Waals surface area contributed by atoms with Gasteiger partial charge < -0.3 is 5.32 Å². The van der Waals surface area contributed by atoms with Gasteiger partial charge in [-0.2, -0.15) is 0 Å². The molecule has 0 heterocycles. The van der Waals surface area contributed by atoms with E-state index in [0.717, 1.165) is 5.02 Å². The number of hydrogen-bond donors (Lipinski definition) is 1. The highest BCUT2D eigenvalue weighted by Gasteiger charge is 2.46. The fourth-order valence-electron chi connectivity index (χ4n) is 3.52.